The summed E-state index contributed by atoms with van der Waals surface area (Å²) in [4.78, 5) is 0. The summed E-state index contributed by atoms with van der Waals surface area (Å²) in [5.74, 6) is 6.58. The zero-order chi connectivity index (χ0) is 16.1. The highest BCUT2D eigenvalue weighted by Crippen LogP contribution is 2.44. The molecule has 0 heterocycles. The Balaban J connectivity index is 1.48. The molecule has 0 bridgehead atoms. The second kappa shape index (κ2) is 8.05. The van der Waals surface area contributed by atoms with Crippen molar-refractivity contribution in [2.24, 2.45) is 17.8 Å². The van der Waals surface area contributed by atoms with E-state index in [1.165, 1.54) is 69.8 Å². The number of rotatable bonds is 4. The molecule has 0 N–H and O–H groups in total. The fourth-order valence-electron chi connectivity index (χ4n) is 5.13. The van der Waals surface area contributed by atoms with Gasteiger partial charge < -0.3 is 0 Å². The number of benzene rings is 1. The Kier molecular flexibility index (Phi) is 5.82. The molecule has 0 radical (unpaired) electrons. The first-order chi connectivity index (χ1) is 11.3. The van der Waals surface area contributed by atoms with Crippen LogP contribution in [0.5, 0.6) is 0 Å². The number of hydrogen-bond donors (Lipinski definition) is 0. The third kappa shape index (κ3) is 4.20. The Bertz CT molecular complexity index is 502. The monoisotopic (exact) mass is 308 g/mol. The van der Waals surface area contributed by atoms with Crippen LogP contribution in [0.4, 0.5) is 0 Å². The van der Waals surface area contributed by atoms with Gasteiger partial charge in [0.15, 0.2) is 0 Å². The smallest absolute Gasteiger partial charge is 0.0242 e. The molecular formula is C23H32. The van der Waals surface area contributed by atoms with Gasteiger partial charge in [-0.2, -0.15) is 0 Å². The average Bonchev–Trinajstić information content (AvgIpc) is 2.63. The lowest BCUT2D eigenvalue weighted by molar-refractivity contribution is 0.156. The molecule has 3 rings (SSSR count). The van der Waals surface area contributed by atoms with Gasteiger partial charge in [0.25, 0.3) is 0 Å². The minimum Gasteiger partial charge on any atom is -0.115 e. The van der Waals surface area contributed by atoms with Gasteiger partial charge in [0.2, 0.25) is 0 Å². The van der Waals surface area contributed by atoms with Crippen molar-refractivity contribution < 1.29 is 0 Å². The summed E-state index contributed by atoms with van der Waals surface area (Å²) in [6, 6.07) is 8.74. The van der Waals surface area contributed by atoms with Crippen molar-refractivity contribution in [2.45, 2.75) is 77.0 Å². The summed E-state index contributed by atoms with van der Waals surface area (Å²) >= 11 is 0. The van der Waals surface area contributed by atoms with E-state index < -0.39 is 0 Å². The lowest BCUT2D eigenvalue weighted by Gasteiger charge is -2.38. The largest absolute Gasteiger partial charge is 0.115 e. The van der Waals surface area contributed by atoms with Gasteiger partial charge in [-0.3, -0.25) is 0 Å². The minimum atomic E-state index is 0.773. The SMILES string of the molecule is C#Cc1ccc(C2CCC(C3CCC(CCC)CC3)CC2)cc1. The van der Waals surface area contributed by atoms with Gasteiger partial charge in [-0.05, 0) is 79.9 Å². The maximum absolute atomic E-state index is 5.46. The van der Waals surface area contributed by atoms with Crippen LogP contribution >= 0.6 is 0 Å². The molecular weight excluding hydrogens is 276 g/mol. The molecule has 2 aliphatic carbocycles. The Hall–Kier alpha value is -1.22. The van der Waals surface area contributed by atoms with E-state index in [4.69, 9.17) is 6.42 Å². The summed E-state index contributed by atoms with van der Waals surface area (Å²) in [5, 5.41) is 0. The molecule has 2 aliphatic rings. The Morgan fingerprint density at radius 3 is 1.96 bits per heavy atom. The lowest BCUT2D eigenvalue weighted by Crippen LogP contribution is -2.25. The van der Waals surface area contributed by atoms with Gasteiger partial charge in [0.05, 0.1) is 0 Å². The normalized spacial score (nSPS) is 31.5. The van der Waals surface area contributed by atoms with Crippen LogP contribution in [0.15, 0.2) is 24.3 Å². The number of terminal acetylenes is 1. The van der Waals surface area contributed by atoms with E-state index in [1.54, 1.807) is 0 Å². The van der Waals surface area contributed by atoms with Crippen LogP contribution in [0.25, 0.3) is 0 Å². The highest BCUT2D eigenvalue weighted by atomic mass is 14.4. The topological polar surface area (TPSA) is 0 Å². The van der Waals surface area contributed by atoms with Crippen molar-refractivity contribution in [3.8, 4) is 12.3 Å². The summed E-state index contributed by atoms with van der Waals surface area (Å²) in [5.41, 5.74) is 2.51. The molecule has 0 atom stereocenters. The molecule has 0 unspecified atom stereocenters. The van der Waals surface area contributed by atoms with Crippen molar-refractivity contribution in [3.63, 3.8) is 0 Å². The van der Waals surface area contributed by atoms with E-state index in [1.807, 2.05) is 0 Å². The summed E-state index contributed by atoms with van der Waals surface area (Å²) in [6.45, 7) is 2.34. The van der Waals surface area contributed by atoms with Crippen molar-refractivity contribution >= 4 is 0 Å². The Morgan fingerprint density at radius 1 is 0.870 bits per heavy atom. The van der Waals surface area contributed by atoms with Gasteiger partial charge in [-0.15, -0.1) is 6.42 Å². The fourth-order valence-corrected chi connectivity index (χ4v) is 5.13. The number of hydrogen-bond acceptors (Lipinski definition) is 0. The Morgan fingerprint density at radius 2 is 1.43 bits per heavy atom. The second-order valence-corrected chi connectivity index (χ2v) is 7.95. The highest BCUT2D eigenvalue weighted by molar-refractivity contribution is 5.35. The van der Waals surface area contributed by atoms with Gasteiger partial charge in [-0.1, -0.05) is 50.7 Å². The van der Waals surface area contributed by atoms with Gasteiger partial charge in [-0.25, -0.2) is 0 Å². The first kappa shape index (κ1) is 16.6. The molecule has 124 valence electrons. The second-order valence-electron chi connectivity index (χ2n) is 7.95. The summed E-state index contributed by atoms with van der Waals surface area (Å²) in [6.07, 6.45) is 20.0. The maximum Gasteiger partial charge on any atom is 0.0242 e. The molecule has 0 nitrogen and oxygen atoms in total. The Labute approximate surface area is 143 Å². The zero-order valence-electron chi connectivity index (χ0n) is 14.8. The maximum atomic E-state index is 5.46. The summed E-state index contributed by atoms with van der Waals surface area (Å²) < 4.78 is 0. The third-order valence-electron chi connectivity index (χ3n) is 6.58. The first-order valence-electron chi connectivity index (χ1n) is 9.86. The summed E-state index contributed by atoms with van der Waals surface area (Å²) in [7, 11) is 0. The average molecular weight is 309 g/mol. The predicted molar refractivity (Wildman–Crippen MR) is 99.4 cm³/mol. The standard InChI is InChI=1S/C23H32/c1-3-5-19-8-12-21(13-9-19)23-16-14-22(15-17-23)20-10-6-18(4-2)7-11-20/h2,6-7,10-11,19,21-23H,3,5,8-9,12-17H2,1H3. The van der Waals surface area contributed by atoms with Crippen molar-refractivity contribution in [2.75, 3.05) is 0 Å². The van der Waals surface area contributed by atoms with Crippen LogP contribution < -0.4 is 0 Å². The highest BCUT2D eigenvalue weighted by Gasteiger charge is 2.30. The molecule has 0 aliphatic heterocycles. The first-order valence-corrected chi connectivity index (χ1v) is 9.86. The van der Waals surface area contributed by atoms with Crippen LogP contribution in [0.2, 0.25) is 0 Å². The van der Waals surface area contributed by atoms with Crippen LogP contribution in [0, 0.1) is 30.1 Å². The molecule has 0 saturated heterocycles. The van der Waals surface area contributed by atoms with E-state index in [2.05, 4.69) is 37.1 Å². The molecule has 23 heavy (non-hydrogen) atoms. The van der Waals surface area contributed by atoms with E-state index in [0.717, 1.165) is 29.2 Å². The van der Waals surface area contributed by atoms with E-state index in [9.17, 15) is 0 Å². The lowest BCUT2D eigenvalue weighted by atomic mass is 9.68. The van der Waals surface area contributed by atoms with E-state index in [0.29, 0.717) is 0 Å². The van der Waals surface area contributed by atoms with Crippen LogP contribution in [0.3, 0.4) is 0 Å². The molecule has 2 saturated carbocycles. The molecule has 1 aromatic carbocycles. The molecule has 0 spiro atoms. The molecule has 1 aromatic rings. The van der Waals surface area contributed by atoms with Crippen LogP contribution in [0.1, 0.15) is 88.2 Å². The van der Waals surface area contributed by atoms with Crippen molar-refractivity contribution in [1.29, 1.82) is 0 Å². The minimum absolute atomic E-state index is 0.773. The van der Waals surface area contributed by atoms with Crippen molar-refractivity contribution in [1.82, 2.24) is 0 Å². The van der Waals surface area contributed by atoms with E-state index in [-0.39, 0.29) is 0 Å². The quantitative estimate of drug-likeness (QED) is 0.553. The van der Waals surface area contributed by atoms with Gasteiger partial charge in [0.1, 0.15) is 0 Å². The van der Waals surface area contributed by atoms with Crippen molar-refractivity contribution in [3.05, 3.63) is 35.4 Å². The van der Waals surface area contributed by atoms with Crippen LogP contribution in [-0.4, -0.2) is 0 Å². The van der Waals surface area contributed by atoms with Gasteiger partial charge >= 0.3 is 0 Å². The predicted octanol–water partition coefficient (Wildman–Crippen LogP) is 6.55. The van der Waals surface area contributed by atoms with E-state index >= 15 is 0 Å². The zero-order valence-corrected chi connectivity index (χ0v) is 14.8. The van der Waals surface area contributed by atoms with Crippen LogP contribution in [-0.2, 0) is 0 Å². The molecule has 2 fully saturated rings. The molecule has 0 amide bonds. The fraction of sp³-hybridized carbons (Fsp3) is 0.652. The molecule has 0 aromatic heterocycles. The third-order valence-corrected chi connectivity index (χ3v) is 6.58. The van der Waals surface area contributed by atoms with Gasteiger partial charge in [0, 0.05) is 5.56 Å². The molecule has 0 heteroatoms.